The Kier molecular flexibility index (Phi) is 5.80. The number of benzene rings is 1. The van der Waals surface area contributed by atoms with E-state index in [9.17, 15) is 9.59 Å². The Morgan fingerprint density at radius 2 is 2.07 bits per heavy atom. The van der Waals surface area contributed by atoms with E-state index in [1.165, 1.54) is 6.33 Å². The van der Waals surface area contributed by atoms with Gasteiger partial charge in [0.05, 0.1) is 22.9 Å². The number of nitrogens with one attached hydrogen (secondary N) is 2. The van der Waals surface area contributed by atoms with Crippen LogP contribution in [0.2, 0.25) is 5.02 Å². The van der Waals surface area contributed by atoms with E-state index < -0.39 is 5.92 Å². The van der Waals surface area contributed by atoms with Gasteiger partial charge in [-0.2, -0.15) is 0 Å². The summed E-state index contributed by atoms with van der Waals surface area (Å²) in [7, 11) is 1.75. The zero-order valence-electron chi connectivity index (χ0n) is 16.4. The second kappa shape index (κ2) is 8.66. The number of amides is 2. The molecule has 1 aromatic heterocycles. The highest BCUT2D eigenvalue weighted by molar-refractivity contribution is 6.32. The van der Waals surface area contributed by atoms with E-state index in [-0.39, 0.29) is 11.8 Å². The summed E-state index contributed by atoms with van der Waals surface area (Å²) in [5, 5.41) is 6.43. The molecular weight excluding hydrogens is 408 g/mol. The third kappa shape index (κ3) is 4.20. The number of fused-ring (bicyclic) bond motifs is 2. The average Bonchev–Trinajstić information content (AvgIpc) is 3.06. The molecule has 1 unspecified atom stereocenters. The molecule has 2 bridgehead atoms. The maximum absolute atomic E-state index is 12.5. The smallest absolute Gasteiger partial charge is 0.238 e. The molecule has 9 nitrogen and oxygen atoms in total. The second-order valence-corrected chi connectivity index (χ2v) is 7.45. The fourth-order valence-electron chi connectivity index (χ4n) is 3.31. The molecule has 156 valence electrons. The van der Waals surface area contributed by atoms with Gasteiger partial charge < -0.3 is 20.3 Å². The molecule has 2 N–H and O–H groups in total. The highest BCUT2D eigenvalue weighted by atomic mass is 35.5. The normalized spacial score (nSPS) is 19.4. The summed E-state index contributed by atoms with van der Waals surface area (Å²) in [6, 6.07) is 5.14. The van der Waals surface area contributed by atoms with E-state index in [1.54, 1.807) is 36.4 Å². The summed E-state index contributed by atoms with van der Waals surface area (Å²) < 4.78 is 5.74. The third-order valence-electron chi connectivity index (χ3n) is 4.96. The van der Waals surface area contributed by atoms with E-state index >= 15 is 0 Å². The average molecular weight is 429 g/mol. The van der Waals surface area contributed by atoms with Crippen molar-refractivity contribution in [3.63, 3.8) is 0 Å². The minimum absolute atomic E-state index is 0.0236. The number of hydrogen-bond acceptors (Lipinski definition) is 7. The zero-order chi connectivity index (χ0) is 21.1. The monoisotopic (exact) mass is 428 g/mol. The number of halogens is 1. The molecule has 2 aromatic rings. The van der Waals surface area contributed by atoms with Crippen LogP contribution in [0, 0.1) is 0 Å². The maximum atomic E-state index is 12.5. The lowest BCUT2D eigenvalue weighted by Crippen LogP contribution is -2.31. The number of hydrogen-bond donors (Lipinski definition) is 2. The molecule has 0 saturated heterocycles. The van der Waals surface area contributed by atoms with Crippen LogP contribution in [0.3, 0.4) is 0 Å². The Balaban J connectivity index is 1.69. The number of carbonyl (C=O) groups is 2. The van der Waals surface area contributed by atoms with Gasteiger partial charge in [0.25, 0.3) is 0 Å². The Bertz CT molecular complexity index is 1010. The number of aliphatic imine (C=N–C) groups is 1. The number of carbonyl (C=O) groups excluding carboxylic acids is 2. The number of ether oxygens (including phenoxy) is 1. The van der Waals surface area contributed by atoms with Crippen LogP contribution in [-0.2, 0) is 9.59 Å². The van der Waals surface area contributed by atoms with Gasteiger partial charge in [0.15, 0.2) is 0 Å². The molecule has 1 atom stereocenters. The van der Waals surface area contributed by atoms with Gasteiger partial charge in [-0.15, -0.1) is 0 Å². The van der Waals surface area contributed by atoms with Crippen molar-refractivity contribution >= 4 is 47.0 Å². The molecule has 0 spiro atoms. The zero-order valence-corrected chi connectivity index (χ0v) is 17.1. The minimum atomic E-state index is -0.640. The molecule has 0 saturated carbocycles. The molecule has 2 amide bonds. The Hall–Kier alpha value is -3.20. The van der Waals surface area contributed by atoms with Gasteiger partial charge in [0.2, 0.25) is 11.8 Å². The van der Waals surface area contributed by atoms with Crippen LogP contribution >= 0.6 is 11.6 Å². The summed E-state index contributed by atoms with van der Waals surface area (Å²) in [4.78, 5) is 39.4. The van der Waals surface area contributed by atoms with Crippen molar-refractivity contribution in [2.45, 2.75) is 18.8 Å². The van der Waals surface area contributed by atoms with Crippen LogP contribution in [0.4, 0.5) is 17.3 Å². The van der Waals surface area contributed by atoms with Crippen molar-refractivity contribution < 1.29 is 14.3 Å². The molecular formula is C20H21ClN6O3. The van der Waals surface area contributed by atoms with Crippen LogP contribution in [-0.4, -0.2) is 59.6 Å². The summed E-state index contributed by atoms with van der Waals surface area (Å²) in [6.07, 6.45) is 3.90. The van der Waals surface area contributed by atoms with E-state index in [4.69, 9.17) is 16.3 Å². The number of anilines is 2. The van der Waals surface area contributed by atoms with Crippen LogP contribution < -0.4 is 15.4 Å². The van der Waals surface area contributed by atoms with Gasteiger partial charge in [0.1, 0.15) is 29.6 Å². The molecule has 2 aliphatic rings. The summed E-state index contributed by atoms with van der Waals surface area (Å²) >= 11 is 6.22. The molecule has 2 aliphatic heterocycles. The van der Waals surface area contributed by atoms with Crippen LogP contribution in [0.1, 0.15) is 24.3 Å². The first-order valence-corrected chi connectivity index (χ1v) is 10.0. The minimum Gasteiger partial charge on any atom is -0.492 e. The van der Waals surface area contributed by atoms with E-state index in [2.05, 4.69) is 25.6 Å². The molecule has 0 radical (unpaired) electrons. The highest BCUT2D eigenvalue weighted by Gasteiger charge is 2.33. The largest absolute Gasteiger partial charge is 0.492 e. The predicted octanol–water partition coefficient (Wildman–Crippen LogP) is 2.61. The third-order valence-corrected chi connectivity index (χ3v) is 5.28. The van der Waals surface area contributed by atoms with Gasteiger partial charge in [0, 0.05) is 38.8 Å². The topological polar surface area (TPSA) is 109 Å². The van der Waals surface area contributed by atoms with E-state index in [0.29, 0.717) is 66.2 Å². The molecule has 0 aliphatic carbocycles. The highest BCUT2D eigenvalue weighted by Crippen LogP contribution is 2.35. The first kappa shape index (κ1) is 20.1. The van der Waals surface area contributed by atoms with Crippen molar-refractivity contribution in [3.05, 3.63) is 35.1 Å². The van der Waals surface area contributed by atoms with Crippen molar-refractivity contribution in [3.8, 4) is 5.75 Å². The molecule has 3 heterocycles. The first-order valence-electron chi connectivity index (χ1n) is 9.63. The number of likely N-dealkylation sites (N-methyl/N-ethyl adjacent to an activating group) is 1. The lowest BCUT2D eigenvalue weighted by molar-refractivity contribution is -0.130. The predicted molar refractivity (Wildman–Crippen MR) is 114 cm³/mol. The van der Waals surface area contributed by atoms with Crippen molar-refractivity contribution in [1.82, 2.24) is 14.9 Å². The van der Waals surface area contributed by atoms with Crippen molar-refractivity contribution in [1.29, 1.82) is 0 Å². The maximum Gasteiger partial charge on any atom is 0.238 e. The molecule has 30 heavy (non-hydrogen) atoms. The quantitative estimate of drug-likeness (QED) is 0.667. The van der Waals surface area contributed by atoms with Gasteiger partial charge in [-0.05, 0) is 18.6 Å². The van der Waals surface area contributed by atoms with Crippen molar-refractivity contribution in [2.75, 3.05) is 37.4 Å². The van der Waals surface area contributed by atoms with Crippen LogP contribution in [0.5, 0.6) is 5.75 Å². The van der Waals surface area contributed by atoms with Gasteiger partial charge in [-0.3, -0.25) is 14.6 Å². The molecule has 1 aromatic carbocycles. The van der Waals surface area contributed by atoms with Gasteiger partial charge in [-0.1, -0.05) is 11.6 Å². The fourth-order valence-corrected chi connectivity index (χ4v) is 3.48. The van der Waals surface area contributed by atoms with Crippen LogP contribution in [0.15, 0.2) is 29.5 Å². The number of aromatic nitrogens is 2. The van der Waals surface area contributed by atoms with Crippen LogP contribution in [0.25, 0.3) is 0 Å². The second-order valence-electron chi connectivity index (χ2n) is 7.04. The van der Waals surface area contributed by atoms with Crippen molar-refractivity contribution in [2.24, 2.45) is 4.99 Å². The SMILES string of the molecule is CN1CCNc2ncnc3c2C(C=Nc2ccc(Cl)c(c2)OCCCC1=O)C(=O)N3. The van der Waals surface area contributed by atoms with E-state index in [0.717, 1.165) is 0 Å². The Morgan fingerprint density at radius 1 is 1.23 bits per heavy atom. The van der Waals surface area contributed by atoms with Gasteiger partial charge in [-0.25, -0.2) is 9.97 Å². The summed E-state index contributed by atoms with van der Waals surface area (Å²) in [6.45, 7) is 1.34. The van der Waals surface area contributed by atoms with E-state index in [1.807, 2.05) is 0 Å². The lowest BCUT2D eigenvalue weighted by atomic mass is 10.0. The first-order chi connectivity index (χ1) is 14.5. The molecule has 0 fully saturated rings. The Labute approximate surface area is 178 Å². The number of nitrogens with zero attached hydrogens (tertiary/aromatic N) is 4. The molecule has 10 heteroatoms. The summed E-state index contributed by atoms with van der Waals surface area (Å²) in [5.41, 5.74) is 1.23. The molecule has 4 rings (SSSR count). The fraction of sp³-hybridized carbons (Fsp3) is 0.350. The summed E-state index contributed by atoms with van der Waals surface area (Å²) in [5.74, 6) is 0.636. The Morgan fingerprint density at radius 3 is 2.93 bits per heavy atom. The number of rotatable bonds is 0. The lowest BCUT2D eigenvalue weighted by Gasteiger charge is -2.18. The van der Waals surface area contributed by atoms with Gasteiger partial charge >= 0.3 is 0 Å². The standard InChI is InChI=1S/C20H21ClN6O3/c1-27-7-6-22-18-17-13(20(29)26-19(17)25-11-24-18)10-23-12-4-5-14(21)15(9-12)30-8-2-3-16(27)28/h4-5,9-11,13H,2-3,6-8H2,1H3,(H2,22,24,25,26,29).